The molecule has 4 rings (SSSR count). The zero-order valence-electron chi connectivity index (χ0n) is 15.7. The third-order valence-corrected chi connectivity index (χ3v) is 6.90. The molecule has 7 nitrogen and oxygen atoms in total. The summed E-state index contributed by atoms with van der Waals surface area (Å²) in [5.74, 6) is -0.168. The van der Waals surface area contributed by atoms with Crippen molar-refractivity contribution >= 4 is 21.6 Å². The molecule has 1 aliphatic rings. The summed E-state index contributed by atoms with van der Waals surface area (Å²) in [6.45, 7) is 3.44. The summed E-state index contributed by atoms with van der Waals surface area (Å²) in [5, 5.41) is 0. The maximum Gasteiger partial charge on any atom is 0.274 e. The SMILES string of the molecule is Cc1ccc(S(=O)(=O)N2CCCN(C(=O)c3cn4ccccc4n3)CC2)cc1. The van der Waals surface area contributed by atoms with Gasteiger partial charge in [-0.15, -0.1) is 0 Å². The van der Waals surface area contributed by atoms with Gasteiger partial charge >= 0.3 is 0 Å². The van der Waals surface area contributed by atoms with Crippen LogP contribution < -0.4 is 0 Å². The van der Waals surface area contributed by atoms with E-state index in [1.165, 1.54) is 4.31 Å². The molecule has 1 amide bonds. The van der Waals surface area contributed by atoms with Crippen LogP contribution >= 0.6 is 0 Å². The molecule has 1 fully saturated rings. The van der Waals surface area contributed by atoms with Crippen molar-refractivity contribution in [3.8, 4) is 0 Å². The van der Waals surface area contributed by atoms with E-state index in [0.717, 1.165) is 5.56 Å². The van der Waals surface area contributed by atoms with E-state index in [1.807, 2.05) is 31.3 Å². The molecule has 0 N–H and O–H groups in total. The van der Waals surface area contributed by atoms with Gasteiger partial charge in [0.15, 0.2) is 0 Å². The molecule has 0 bridgehead atoms. The fraction of sp³-hybridized carbons (Fsp3) is 0.300. The Balaban J connectivity index is 1.50. The Hall–Kier alpha value is -2.71. The van der Waals surface area contributed by atoms with Crippen LogP contribution in [-0.4, -0.2) is 59.1 Å². The minimum atomic E-state index is -3.56. The maximum atomic E-state index is 12.9. The van der Waals surface area contributed by atoms with E-state index in [4.69, 9.17) is 0 Å². The minimum Gasteiger partial charge on any atom is -0.336 e. The van der Waals surface area contributed by atoms with Gasteiger partial charge in [0, 0.05) is 38.6 Å². The summed E-state index contributed by atoms with van der Waals surface area (Å²) in [5.41, 5.74) is 2.10. The summed E-state index contributed by atoms with van der Waals surface area (Å²) < 4.78 is 29.1. The molecule has 0 saturated carbocycles. The molecule has 3 aromatic rings. The Bertz CT molecular complexity index is 1070. The molecule has 146 valence electrons. The normalized spacial score (nSPS) is 16.2. The van der Waals surface area contributed by atoms with E-state index >= 15 is 0 Å². The molecule has 0 unspecified atom stereocenters. The lowest BCUT2D eigenvalue weighted by atomic mass is 10.2. The second kappa shape index (κ2) is 7.37. The number of pyridine rings is 1. The first kappa shape index (κ1) is 18.6. The molecule has 1 aliphatic heterocycles. The number of aryl methyl sites for hydroxylation is 1. The fourth-order valence-electron chi connectivity index (χ4n) is 3.40. The van der Waals surface area contributed by atoms with Crippen LogP contribution in [0.5, 0.6) is 0 Å². The summed E-state index contributed by atoms with van der Waals surface area (Å²) in [4.78, 5) is 19.2. The predicted octanol–water partition coefficient (Wildman–Crippen LogP) is 2.18. The number of imidazole rings is 1. The lowest BCUT2D eigenvalue weighted by Gasteiger charge is -2.21. The lowest BCUT2D eigenvalue weighted by Crippen LogP contribution is -2.37. The fourth-order valence-corrected chi connectivity index (χ4v) is 4.87. The molecule has 28 heavy (non-hydrogen) atoms. The number of aromatic nitrogens is 2. The number of carbonyl (C=O) groups is 1. The van der Waals surface area contributed by atoms with Crippen molar-refractivity contribution in [3.63, 3.8) is 0 Å². The molecule has 0 spiro atoms. The molecule has 1 aromatic carbocycles. The minimum absolute atomic E-state index is 0.168. The number of nitrogens with zero attached hydrogens (tertiary/aromatic N) is 4. The standard InChI is InChI=1S/C20H22N4O3S/c1-16-6-8-17(9-7-16)28(26,27)24-12-4-11-22(13-14-24)20(25)18-15-23-10-3-2-5-19(23)21-18/h2-3,5-10,15H,4,11-14H2,1H3. The van der Waals surface area contributed by atoms with E-state index in [-0.39, 0.29) is 12.5 Å². The average molecular weight is 398 g/mol. The van der Waals surface area contributed by atoms with Crippen LogP contribution in [0, 0.1) is 6.92 Å². The number of rotatable bonds is 3. The highest BCUT2D eigenvalue weighted by Gasteiger charge is 2.29. The average Bonchev–Trinajstić information content (AvgIpc) is 2.96. The number of carbonyl (C=O) groups excluding carboxylic acids is 1. The molecule has 8 heteroatoms. The van der Waals surface area contributed by atoms with Gasteiger partial charge < -0.3 is 9.30 Å². The van der Waals surface area contributed by atoms with Gasteiger partial charge in [-0.2, -0.15) is 4.31 Å². The quantitative estimate of drug-likeness (QED) is 0.678. The van der Waals surface area contributed by atoms with Gasteiger partial charge in [0.25, 0.3) is 5.91 Å². The Kier molecular flexibility index (Phi) is 4.91. The van der Waals surface area contributed by atoms with Crippen LogP contribution in [0.2, 0.25) is 0 Å². The highest BCUT2D eigenvalue weighted by molar-refractivity contribution is 7.89. The summed E-state index contributed by atoms with van der Waals surface area (Å²) in [6, 6.07) is 12.5. The van der Waals surface area contributed by atoms with Gasteiger partial charge in [-0.25, -0.2) is 13.4 Å². The topological polar surface area (TPSA) is 75.0 Å². The van der Waals surface area contributed by atoms with Gasteiger partial charge in [-0.3, -0.25) is 4.79 Å². The van der Waals surface area contributed by atoms with Crippen molar-refractivity contribution in [1.82, 2.24) is 18.6 Å². The monoisotopic (exact) mass is 398 g/mol. The highest BCUT2D eigenvalue weighted by atomic mass is 32.2. The molecular formula is C20H22N4O3S. The maximum absolute atomic E-state index is 12.9. The Morgan fingerprint density at radius 2 is 1.79 bits per heavy atom. The third kappa shape index (κ3) is 3.53. The number of amides is 1. The zero-order chi connectivity index (χ0) is 19.7. The van der Waals surface area contributed by atoms with Gasteiger partial charge in [0.2, 0.25) is 10.0 Å². The van der Waals surface area contributed by atoms with Crippen molar-refractivity contribution < 1.29 is 13.2 Å². The van der Waals surface area contributed by atoms with Crippen molar-refractivity contribution in [2.24, 2.45) is 0 Å². The number of hydrogen-bond acceptors (Lipinski definition) is 4. The van der Waals surface area contributed by atoms with Crippen molar-refractivity contribution in [2.45, 2.75) is 18.2 Å². The number of sulfonamides is 1. The van der Waals surface area contributed by atoms with Crippen molar-refractivity contribution in [1.29, 1.82) is 0 Å². The smallest absolute Gasteiger partial charge is 0.274 e. The molecule has 0 radical (unpaired) electrons. The van der Waals surface area contributed by atoms with Crippen LogP contribution in [0.25, 0.3) is 5.65 Å². The van der Waals surface area contributed by atoms with Crippen LogP contribution in [0.4, 0.5) is 0 Å². The van der Waals surface area contributed by atoms with Gasteiger partial charge in [0.1, 0.15) is 11.3 Å². The summed E-state index contributed by atoms with van der Waals surface area (Å²) in [6.07, 6.45) is 4.14. The predicted molar refractivity (Wildman–Crippen MR) is 106 cm³/mol. The largest absolute Gasteiger partial charge is 0.336 e. The van der Waals surface area contributed by atoms with Crippen LogP contribution in [-0.2, 0) is 10.0 Å². The Labute approximate surface area is 164 Å². The van der Waals surface area contributed by atoms with Gasteiger partial charge in [0.05, 0.1) is 4.90 Å². The van der Waals surface area contributed by atoms with Crippen molar-refractivity contribution in [2.75, 3.05) is 26.2 Å². The summed E-state index contributed by atoms with van der Waals surface area (Å²) >= 11 is 0. The van der Waals surface area contributed by atoms with Crippen LogP contribution in [0.3, 0.4) is 0 Å². The van der Waals surface area contributed by atoms with E-state index in [9.17, 15) is 13.2 Å². The van der Waals surface area contributed by atoms with Crippen LogP contribution in [0.15, 0.2) is 59.8 Å². The summed E-state index contributed by atoms with van der Waals surface area (Å²) in [7, 11) is -3.56. The van der Waals surface area contributed by atoms with E-state index in [1.54, 1.807) is 39.8 Å². The Morgan fingerprint density at radius 3 is 2.54 bits per heavy atom. The first-order chi connectivity index (χ1) is 13.4. The van der Waals surface area contributed by atoms with Gasteiger partial charge in [-0.05, 0) is 37.6 Å². The van der Waals surface area contributed by atoms with Crippen molar-refractivity contribution in [3.05, 3.63) is 66.1 Å². The lowest BCUT2D eigenvalue weighted by molar-refractivity contribution is 0.0759. The van der Waals surface area contributed by atoms with E-state index < -0.39 is 10.0 Å². The second-order valence-corrected chi connectivity index (χ2v) is 8.89. The van der Waals surface area contributed by atoms with E-state index in [2.05, 4.69) is 4.98 Å². The number of benzene rings is 1. The number of fused-ring (bicyclic) bond motifs is 1. The first-order valence-corrected chi connectivity index (χ1v) is 10.7. The van der Waals surface area contributed by atoms with Gasteiger partial charge in [-0.1, -0.05) is 23.8 Å². The van der Waals surface area contributed by atoms with E-state index in [0.29, 0.717) is 42.3 Å². The molecular weight excluding hydrogens is 376 g/mol. The Morgan fingerprint density at radius 1 is 1.00 bits per heavy atom. The third-order valence-electron chi connectivity index (χ3n) is 4.98. The highest BCUT2D eigenvalue weighted by Crippen LogP contribution is 2.19. The molecule has 2 aromatic heterocycles. The molecule has 1 saturated heterocycles. The molecule has 3 heterocycles. The number of hydrogen-bond donors (Lipinski definition) is 0. The van der Waals surface area contributed by atoms with Crippen LogP contribution in [0.1, 0.15) is 22.5 Å². The molecule has 0 aliphatic carbocycles. The second-order valence-electron chi connectivity index (χ2n) is 6.96. The zero-order valence-corrected chi connectivity index (χ0v) is 16.5. The first-order valence-electron chi connectivity index (χ1n) is 9.25. The molecule has 0 atom stereocenters.